The van der Waals surface area contributed by atoms with Crippen molar-refractivity contribution in [3.63, 3.8) is 0 Å². The molecule has 1 amide bonds. The predicted molar refractivity (Wildman–Crippen MR) is 136 cm³/mol. The van der Waals surface area contributed by atoms with Gasteiger partial charge in [-0.25, -0.2) is 17.4 Å². The third-order valence-electron chi connectivity index (χ3n) is 6.19. The minimum Gasteiger partial charge on any atom is -0.495 e. The summed E-state index contributed by atoms with van der Waals surface area (Å²) in [4.78, 5) is 25.4. The summed E-state index contributed by atoms with van der Waals surface area (Å²) in [6, 6.07) is 17.5. The Morgan fingerprint density at radius 1 is 0.944 bits per heavy atom. The normalized spacial score (nSPS) is 14.0. The lowest BCUT2D eigenvalue weighted by molar-refractivity contribution is 0.0746. The van der Waals surface area contributed by atoms with E-state index in [1.54, 1.807) is 48.7 Å². The van der Waals surface area contributed by atoms with E-state index >= 15 is 0 Å². The van der Waals surface area contributed by atoms with Crippen LogP contribution in [0.2, 0.25) is 0 Å². The van der Waals surface area contributed by atoms with E-state index in [0.717, 1.165) is 21.0 Å². The number of piperazine rings is 1. The molecular weight excluding hydrogens is 478 g/mol. The van der Waals surface area contributed by atoms with Crippen LogP contribution < -0.4 is 9.64 Å². The molecule has 1 fully saturated rings. The number of methoxy groups -OCH3 is 1. The van der Waals surface area contributed by atoms with Gasteiger partial charge in [-0.2, -0.15) is 0 Å². The van der Waals surface area contributed by atoms with E-state index in [2.05, 4.69) is 14.9 Å². The second kappa shape index (κ2) is 9.82. The van der Waals surface area contributed by atoms with Crippen LogP contribution in [0.5, 0.6) is 5.75 Å². The molecule has 0 atom stereocenters. The smallest absolute Gasteiger partial charge is 0.268 e. The number of imidazole rings is 1. The summed E-state index contributed by atoms with van der Waals surface area (Å²) in [5.74, 6) is 0.594. The number of anilines is 1. The van der Waals surface area contributed by atoms with Crippen LogP contribution in [-0.2, 0) is 10.0 Å². The summed E-state index contributed by atoms with van der Waals surface area (Å²) < 4.78 is 33.0. The Labute approximate surface area is 209 Å². The quantitative estimate of drug-likeness (QED) is 0.399. The maximum atomic E-state index is 13.3. The van der Waals surface area contributed by atoms with Gasteiger partial charge >= 0.3 is 0 Å². The summed E-state index contributed by atoms with van der Waals surface area (Å²) in [5.41, 5.74) is 2.60. The van der Waals surface area contributed by atoms with Crippen LogP contribution in [0.15, 0.2) is 90.5 Å². The Morgan fingerprint density at radius 3 is 2.44 bits per heavy atom. The van der Waals surface area contributed by atoms with Gasteiger partial charge in [-0.15, -0.1) is 0 Å². The first-order valence-corrected chi connectivity index (χ1v) is 12.9. The number of carbonyl (C=O) groups is 1. The van der Waals surface area contributed by atoms with E-state index in [1.807, 2.05) is 24.3 Å². The summed E-state index contributed by atoms with van der Waals surface area (Å²) in [5, 5.41) is 0. The minimum atomic E-state index is -3.92. The van der Waals surface area contributed by atoms with Crippen molar-refractivity contribution in [3.05, 3.63) is 91.1 Å². The van der Waals surface area contributed by atoms with E-state index in [-0.39, 0.29) is 10.8 Å². The molecule has 184 valence electrons. The topological polar surface area (TPSA) is 97.6 Å². The van der Waals surface area contributed by atoms with Gasteiger partial charge in [-0.05, 0) is 42.5 Å². The Hall–Kier alpha value is -4.18. The van der Waals surface area contributed by atoms with Gasteiger partial charge in [0.2, 0.25) is 0 Å². The maximum absolute atomic E-state index is 13.3. The number of para-hydroxylation sites is 2. The Morgan fingerprint density at radius 2 is 1.69 bits per heavy atom. The van der Waals surface area contributed by atoms with Crippen molar-refractivity contribution >= 4 is 21.6 Å². The average molecular weight is 504 g/mol. The van der Waals surface area contributed by atoms with Gasteiger partial charge < -0.3 is 14.5 Å². The third kappa shape index (κ3) is 4.55. The van der Waals surface area contributed by atoms with Crippen molar-refractivity contribution in [1.29, 1.82) is 0 Å². The molecule has 0 N–H and O–H groups in total. The van der Waals surface area contributed by atoms with E-state index in [9.17, 15) is 13.2 Å². The molecule has 3 heterocycles. The number of pyridine rings is 1. The van der Waals surface area contributed by atoms with E-state index in [1.165, 1.54) is 24.7 Å². The molecule has 0 aliphatic carbocycles. The van der Waals surface area contributed by atoms with Crippen molar-refractivity contribution in [2.75, 3.05) is 38.2 Å². The number of rotatable bonds is 6. The predicted octanol–water partition coefficient (Wildman–Crippen LogP) is 3.15. The molecule has 36 heavy (non-hydrogen) atoms. The Bertz CT molecular complexity index is 1480. The number of nitrogens with zero attached hydrogens (tertiary/aromatic N) is 5. The van der Waals surface area contributed by atoms with Crippen LogP contribution in [0.1, 0.15) is 10.4 Å². The van der Waals surface area contributed by atoms with Crippen molar-refractivity contribution in [3.8, 4) is 17.0 Å². The second-order valence-corrected chi connectivity index (χ2v) is 10.2. The van der Waals surface area contributed by atoms with Crippen molar-refractivity contribution < 1.29 is 17.9 Å². The van der Waals surface area contributed by atoms with Gasteiger partial charge in [0.1, 0.15) is 12.1 Å². The number of benzene rings is 2. The fourth-order valence-corrected chi connectivity index (χ4v) is 5.42. The highest BCUT2D eigenvalue weighted by Crippen LogP contribution is 2.28. The lowest BCUT2D eigenvalue weighted by Crippen LogP contribution is -2.48. The number of carbonyl (C=O) groups excluding carboxylic acids is 1. The van der Waals surface area contributed by atoms with Crippen LogP contribution in [0, 0.1) is 0 Å². The average Bonchev–Trinajstić information content (AvgIpc) is 3.45. The molecule has 10 heteroatoms. The van der Waals surface area contributed by atoms with Crippen molar-refractivity contribution in [2.45, 2.75) is 4.90 Å². The van der Waals surface area contributed by atoms with Gasteiger partial charge in [0.15, 0.2) is 0 Å². The van der Waals surface area contributed by atoms with Crippen LogP contribution >= 0.6 is 0 Å². The molecular formula is C26H25N5O4S. The SMILES string of the molecule is COc1ccccc1N1CCN(C(=O)c2cccc(S(=O)(=O)n3cnc(-c4ccncc4)c3)c2)CC1. The van der Waals surface area contributed by atoms with Gasteiger partial charge in [0.05, 0.1) is 23.4 Å². The summed E-state index contributed by atoms with van der Waals surface area (Å²) in [6.07, 6.45) is 5.95. The van der Waals surface area contributed by atoms with Gasteiger partial charge in [0.25, 0.3) is 15.9 Å². The molecule has 2 aromatic heterocycles. The highest BCUT2D eigenvalue weighted by Gasteiger charge is 2.25. The first-order valence-electron chi connectivity index (χ1n) is 11.4. The van der Waals surface area contributed by atoms with Gasteiger partial charge in [0, 0.05) is 55.9 Å². The van der Waals surface area contributed by atoms with Crippen LogP contribution in [0.4, 0.5) is 5.69 Å². The summed E-state index contributed by atoms with van der Waals surface area (Å²) >= 11 is 0. The molecule has 4 aromatic rings. The molecule has 5 rings (SSSR count). The second-order valence-electron chi connectivity index (χ2n) is 8.31. The molecule has 1 aliphatic heterocycles. The van der Waals surface area contributed by atoms with E-state index < -0.39 is 10.0 Å². The zero-order valence-corrected chi connectivity index (χ0v) is 20.5. The van der Waals surface area contributed by atoms with Crippen LogP contribution in [0.3, 0.4) is 0 Å². The molecule has 1 aliphatic rings. The number of hydrogen-bond acceptors (Lipinski definition) is 7. The molecule has 0 radical (unpaired) electrons. The lowest BCUT2D eigenvalue weighted by atomic mass is 10.1. The minimum absolute atomic E-state index is 0.0275. The van der Waals surface area contributed by atoms with Crippen LogP contribution in [-0.4, -0.2) is 66.5 Å². The third-order valence-corrected chi connectivity index (χ3v) is 7.79. The lowest BCUT2D eigenvalue weighted by Gasteiger charge is -2.36. The number of ether oxygens (including phenoxy) is 1. The van der Waals surface area contributed by atoms with Gasteiger partial charge in [-0.1, -0.05) is 18.2 Å². The van der Waals surface area contributed by atoms with Crippen molar-refractivity contribution in [1.82, 2.24) is 18.8 Å². The Kier molecular flexibility index (Phi) is 6.43. The maximum Gasteiger partial charge on any atom is 0.268 e. The molecule has 0 saturated carbocycles. The fraction of sp³-hybridized carbons (Fsp3) is 0.192. The zero-order chi connectivity index (χ0) is 25.1. The fourth-order valence-electron chi connectivity index (χ4n) is 4.24. The van der Waals surface area contributed by atoms with E-state index in [0.29, 0.717) is 37.4 Å². The highest BCUT2D eigenvalue weighted by molar-refractivity contribution is 7.90. The largest absolute Gasteiger partial charge is 0.495 e. The number of hydrogen-bond donors (Lipinski definition) is 0. The number of aromatic nitrogens is 3. The number of amides is 1. The monoisotopic (exact) mass is 503 g/mol. The molecule has 1 saturated heterocycles. The first kappa shape index (κ1) is 23.6. The standard InChI is InChI=1S/C26H25N5O4S/c1-35-25-8-3-2-7-24(25)29-13-15-30(16-14-29)26(32)21-5-4-6-22(17-21)36(33,34)31-18-23(28-19-31)20-9-11-27-12-10-20/h2-12,17-19H,13-16H2,1H3. The Balaban J connectivity index is 1.32. The molecule has 2 aromatic carbocycles. The molecule has 0 spiro atoms. The molecule has 0 bridgehead atoms. The summed E-state index contributed by atoms with van der Waals surface area (Å²) in [7, 11) is -2.28. The molecule has 0 unspecified atom stereocenters. The van der Waals surface area contributed by atoms with Crippen molar-refractivity contribution in [2.24, 2.45) is 0 Å². The van der Waals surface area contributed by atoms with Gasteiger partial charge in [-0.3, -0.25) is 9.78 Å². The zero-order valence-electron chi connectivity index (χ0n) is 19.7. The summed E-state index contributed by atoms with van der Waals surface area (Å²) in [6.45, 7) is 2.34. The van der Waals surface area contributed by atoms with E-state index in [4.69, 9.17) is 4.74 Å². The molecule has 9 nitrogen and oxygen atoms in total. The van der Waals surface area contributed by atoms with Crippen LogP contribution in [0.25, 0.3) is 11.3 Å². The first-order chi connectivity index (χ1) is 17.5. The highest BCUT2D eigenvalue weighted by atomic mass is 32.2.